The molecule has 1 aromatic heterocycles. The number of halogens is 1. The van der Waals surface area contributed by atoms with E-state index in [0.29, 0.717) is 17.7 Å². The average molecular weight is 550 g/mol. The van der Waals surface area contributed by atoms with Crippen LogP contribution in [-0.4, -0.2) is 22.0 Å². The quantitative estimate of drug-likeness (QED) is 0.242. The minimum atomic E-state index is -0.876. The van der Waals surface area contributed by atoms with Crippen LogP contribution in [0, 0.1) is 29.0 Å². The summed E-state index contributed by atoms with van der Waals surface area (Å²) in [6.07, 6.45) is 5.78. The zero-order valence-corrected chi connectivity index (χ0v) is 22.9. The van der Waals surface area contributed by atoms with E-state index in [1.807, 2.05) is 30.3 Å². The van der Waals surface area contributed by atoms with E-state index < -0.39 is 11.9 Å². The molecular weight excluding hydrogens is 517 g/mol. The van der Waals surface area contributed by atoms with Crippen molar-refractivity contribution < 1.29 is 19.1 Å². The maximum Gasteiger partial charge on any atom is 0.310 e. The van der Waals surface area contributed by atoms with Crippen LogP contribution < -0.4 is 5.32 Å². The van der Waals surface area contributed by atoms with Crippen LogP contribution in [0.25, 0.3) is 10.9 Å². The molecule has 41 heavy (non-hydrogen) atoms. The molecule has 1 heterocycles. The molecule has 0 aliphatic heterocycles. The van der Waals surface area contributed by atoms with Crippen molar-refractivity contribution in [2.75, 3.05) is 5.32 Å². The smallest absolute Gasteiger partial charge is 0.310 e. The van der Waals surface area contributed by atoms with Gasteiger partial charge in [-0.3, -0.25) is 14.6 Å². The third kappa shape index (κ3) is 6.44. The molecule has 7 heteroatoms. The largest absolute Gasteiger partial charge is 0.481 e. The number of nitrogens with one attached hydrogen (secondary N) is 1. The van der Waals surface area contributed by atoms with E-state index in [2.05, 4.69) is 16.4 Å². The van der Waals surface area contributed by atoms with Crippen molar-refractivity contribution in [1.82, 2.24) is 4.98 Å². The lowest BCUT2D eigenvalue weighted by molar-refractivity contribution is -0.138. The van der Waals surface area contributed by atoms with E-state index in [4.69, 9.17) is 5.26 Å². The number of hydrogen-bond acceptors (Lipinski definition) is 4. The molecule has 2 unspecified atom stereocenters. The molecule has 208 valence electrons. The Morgan fingerprint density at radius 2 is 1.73 bits per heavy atom. The molecule has 5 rings (SSSR count). The second kappa shape index (κ2) is 12.3. The van der Waals surface area contributed by atoms with Crippen LogP contribution in [0.15, 0.2) is 79.0 Å². The van der Waals surface area contributed by atoms with E-state index in [1.165, 1.54) is 6.07 Å². The zero-order valence-electron chi connectivity index (χ0n) is 22.9. The lowest BCUT2D eigenvalue weighted by Crippen LogP contribution is -2.33. The van der Waals surface area contributed by atoms with Crippen LogP contribution in [0.4, 0.5) is 10.1 Å². The van der Waals surface area contributed by atoms with E-state index in [9.17, 15) is 19.1 Å². The Hall–Kier alpha value is -4.57. The highest BCUT2D eigenvalue weighted by Gasteiger charge is 2.33. The predicted molar refractivity (Wildman–Crippen MR) is 156 cm³/mol. The summed E-state index contributed by atoms with van der Waals surface area (Å²) < 4.78 is 14.1. The third-order valence-corrected chi connectivity index (χ3v) is 8.44. The standard InChI is InChI=1S/C34H32FN3O3/c1-21(34(40)41)24-6-2-22(3-7-24)18-30(33(39)38-28-13-4-23(20-36)5-14-28)26-10-8-25(9-11-26)29-16-17-37-32-15-12-27(35)19-31(29)32/h2-7,12-17,19,21,25-26,30H,8-11,18H2,1H3,(H,38,39)(H,40,41). The maximum absolute atomic E-state index is 14.1. The SMILES string of the molecule is CC(C(=O)O)c1ccc(CC(C(=O)Nc2ccc(C#N)cc2)C2CCC(c3ccnc4ccc(F)cc34)CC2)cc1. The first-order chi connectivity index (χ1) is 19.8. The highest BCUT2D eigenvalue weighted by atomic mass is 19.1. The van der Waals surface area contributed by atoms with Crippen molar-refractivity contribution in [3.8, 4) is 6.07 Å². The second-order valence-electron chi connectivity index (χ2n) is 11.0. The normalized spacial score (nSPS) is 18.3. The molecule has 2 N–H and O–H groups in total. The summed E-state index contributed by atoms with van der Waals surface area (Å²) in [7, 11) is 0. The number of fused-ring (bicyclic) bond motifs is 1. The number of anilines is 1. The van der Waals surface area contributed by atoms with E-state index >= 15 is 0 Å². The summed E-state index contributed by atoms with van der Waals surface area (Å²) in [5, 5.41) is 22.4. The number of carboxylic acids is 1. The molecular formula is C34H32FN3O3. The average Bonchev–Trinajstić information content (AvgIpc) is 3.00. The van der Waals surface area contributed by atoms with Gasteiger partial charge in [0.2, 0.25) is 5.91 Å². The Balaban J connectivity index is 1.35. The van der Waals surface area contributed by atoms with Gasteiger partial charge in [-0.15, -0.1) is 0 Å². The van der Waals surface area contributed by atoms with Gasteiger partial charge >= 0.3 is 5.97 Å². The van der Waals surface area contributed by atoms with Gasteiger partial charge in [0.05, 0.1) is 23.1 Å². The number of carbonyl (C=O) groups excluding carboxylic acids is 1. The number of aliphatic carboxylic acids is 1. The summed E-state index contributed by atoms with van der Waals surface area (Å²) in [6, 6.07) is 23.1. The number of nitriles is 1. The van der Waals surface area contributed by atoms with Crippen molar-refractivity contribution >= 4 is 28.5 Å². The van der Waals surface area contributed by atoms with Crippen LogP contribution in [0.1, 0.15) is 66.7 Å². The van der Waals surface area contributed by atoms with Gasteiger partial charge < -0.3 is 10.4 Å². The number of aromatic nitrogens is 1. The number of pyridine rings is 1. The number of amides is 1. The molecule has 0 spiro atoms. The fraction of sp³-hybridized carbons (Fsp3) is 0.294. The molecule has 1 aliphatic rings. The van der Waals surface area contributed by atoms with Crippen LogP contribution in [0.3, 0.4) is 0 Å². The molecule has 1 saturated carbocycles. The fourth-order valence-electron chi connectivity index (χ4n) is 6.00. The summed E-state index contributed by atoms with van der Waals surface area (Å²) in [4.78, 5) is 29.5. The van der Waals surface area contributed by atoms with Crippen molar-refractivity contribution in [1.29, 1.82) is 5.26 Å². The number of nitrogens with zero attached hydrogens (tertiary/aromatic N) is 2. The Morgan fingerprint density at radius 3 is 2.39 bits per heavy atom. The van der Waals surface area contributed by atoms with Crippen LogP contribution in [-0.2, 0) is 16.0 Å². The molecule has 0 bridgehead atoms. The molecule has 1 fully saturated rings. The summed E-state index contributed by atoms with van der Waals surface area (Å²) >= 11 is 0. The first kappa shape index (κ1) is 28.0. The first-order valence-electron chi connectivity index (χ1n) is 14.0. The zero-order chi connectivity index (χ0) is 28.9. The Labute approximate surface area is 238 Å². The summed E-state index contributed by atoms with van der Waals surface area (Å²) in [6.45, 7) is 1.66. The molecule has 2 atom stereocenters. The highest BCUT2D eigenvalue weighted by Crippen LogP contribution is 2.42. The fourth-order valence-corrected chi connectivity index (χ4v) is 6.00. The van der Waals surface area contributed by atoms with Gasteiger partial charge in [0, 0.05) is 23.2 Å². The van der Waals surface area contributed by atoms with Crippen LogP contribution >= 0.6 is 0 Å². The third-order valence-electron chi connectivity index (χ3n) is 8.44. The van der Waals surface area contributed by atoms with Crippen molar-refractivity contribution in [3.05, 3.63) is 107 Å². The van der Waals surface area contributed by atoms with Gasteiger partial charge in [-0.2, -0.15) is 5.26 Å². The lowest BCUT2D eigenvalue weighted by Gasteiger charge is -2.34. The van der Waals surface area contributed by atoms with Crippen molar-refractivity contribution in [2.24, 2.45) is 11.8 Å². The predicted octanol–water partition coefficient (Wildman–Crippen LogP) is 7.21. The molecule has 0 saturated heterocycles. The van der Waals surface area contributed by atoms with Gasteiger partial charge in [0.25, 0.3) is 0 Å². The van der Waals surface area contributed by atoms with Crippen LogP contribution in [0.5, 0.6) is 0 Å². The van der Waals surface area contributed by atoms with Crippen LogP contribution in [0.2, 0.25) is 0 Å². The number of carbonyl (C=O) groups is 2. The van der Waals surface area contributed by atoms with E-state index in [1.54, 1.807) is 49.5 Å². The first-order valence-corrected chi connectivity index (χ1v) is 14.0. The topological polar surface area (TPSA) is 103 Å². The minimum absolute atomic E-state index is 0.0717. The number of hydrogen-bond donors (Lipinski definition) is 2. The summed E-state index contributed by atoms with van der Waals surface area (Å²) in [5.41, 5.74) is 4.76. The second-order valence-corrected chi connectivity index (χ2v) is 11.0. The monoisotopic (exact) mass is 549 g/mol. The van der Waals surface area contributed by atoms with Gasteiger partial charge in [-0.1, -0.05) is 24.3 Å². The van der Waals surface area contributed by atoms with Gasteiger partial charge in [-0.25, -0.2) is 4.39 Å². The van der Waals surface area contributed by atoms with Crippen molar-refractivity contribution in [2.45, 2.75) is 50.9 Å². The molecule has 4 aromatic rings. The van der Waals surface area contributed by atoms with Gasteiger partial charge in [0.15, 0.2) is 0 Å². The Kier molecular flexibility index (Phi) is 8.39. The number of rotatable bonds is 8. The minimum Gasteiger partial charge on any atom is -0.481 e. The van der Waals surface area contributed by atoms with E-state index in [0.717, 1.165) is 53.3 Å². The number of benzene rings is 3. The maximum atomic E-state index is 14.1. The molecule has 3 aromatic carbocycles. The molecule has 0 radical (unpaired) electrons. The molecule has 1 aliphatic carbocycles. The number of carboxylic acid groups (broad SMARTS) is 1. The van der Waals surface area contributed by atoms with Crippen molar-refractivity contribution in [3.63, 3.8) is 0 Å². The lowest BCUT2D eigenvalue weighted by atomic mass is 9.71. The molecule has 1 amide bonds. The van der Waals surface area contributed by atoms with Gasteiger partial charge in [0.1, 0.15) is 5.82 Å². The van der Waals surface area contributed by atoms with E-state index in [-0.39, 0.29) is 29.5 Å². The highest BCUT2D eigenvalue weighted by molar-refractivity contribution is 5.93. The van der Waals surface area contributed by atoms with Gasteiger partial charge in [-0.05, 0) is 116 Å². The summed E-state index contributed by atoms with van der Waals surface area (Å²) in [5.74, 6) is -1.71. The Morgan fingerprint density at radius 1 is 1.02 bits per heavy atom. The Bertz CT molecular complexity index is 1590. The molecule has 6 nitrogen and oxygen atoms in total.